The average Bonchev–Trinajstić information content (AvgIpc) is 2.58. The Morgan fingerprint density at radius 2 is 0.696 bits per heavy atom. The molecule has 0 nitrogen and oxygen atoms in total. The van der Waals surface area contributed by atoms with Crippen molar-refractivity contribution in [3.63, 3.8) is 0 Å². The van der Waals surface area contributed by atoms with E-state index in [1.807, 2.05) is 0 Å². The van der Waals surface area contributed by atoms with Crippen molar-refractivity contribution in [2.75, 3.05) is 0 Å². The first-order chi connectivity index (χ1) is 11.2. The summed E-state index contributed by atoms with van der Waals surface area (Å²) in [5, 5.41) is 0. The molecule has 0 bridgehead atoms. The van der Waals surface area contributed by atoms with Crippen LogP contribution in [0.25, 0.3) is 0 Å². The fourth-order valence-corrected chi connectivity index (χ4v) is 4.18. The second kappa shape index (κ2) is 9.11. The molecule has 3 aromatic carbocycles. The molecule has 0 atom stereocenters. The topological polar surface area (TPSA) is 0 Å². The largest absolute Gasteiger partial charge is 0.762 e. The third-order valence-electron chi connectivity index (χ3n) is 2.94. The van der Waals surface area contributed by atoms with Crippen LogP contribution in [0.5, 0.6) is 0 Å². The zero-order valence-electron chi connectivity index (χ0n) is 12.3. The maximum atomic E-state index is 9.67. The first kappa shape index (κ1) is 17.2. The van der Waals surface area contributed by atoms with E-state index in [-0.39, 0.29) is 10.9 Å². The molecule has 0 N–H and O–H groups in total. The molecule has 0 aliphatic heterocycles. The molecule has 0 fully saturated rings. The first-order valence-electron chi connectivity index (χ1n) is 7.00. The Hall–Kier alpha value is -2.14. The molecule has 0 amide bonds. The van der Waals surface area contributed by atoms with E-state index in [9.17, 15) is 12.9 Å². The van der Waals surface area contributed by atoms with Crippen molar-refractivity contribution in [2.24, 2.45) is 0 Å². The fraction of sp³-hybridized carbons (Fsp3) is 0. The maximum Gasteiger partial charge on any atom is 0.762 e. The molecule has 0 aliphatic carbocycles. The monoisotopic (exact) mass is 331 g/mol. The number of benzene rings is 3. The minimum absolute atomic E-state index is 0.0146. The summed E-state index contributed by atoms with van der Waals surface area (Å²) >= 11 is 0. The van der Waals surface area contributed by atoms with E-state index in [2.05, 4.69) is 91.0 Å². The number of halogens is 3. The molecule has 0 unspecified atom stereocenters. The summed E-state index contributed by atoms with van der Waals surface area (Å²) in [6, 6.07) is 32.2. The summed E-state index contributed by atoms with van der Waals surface area (Å²) < 4.78 is 29.0. The van der Waals surface area contributed by atoms with Gasteiger partial charge in [-0.05, 0) is 36.4 Å². The molecule has 116 valence electrons. The fourth-order valence-electron chi connectivity index (χ4n) is 2.08. The molecule has 0 radical (unpaired) electrons. The van der Waals surface area contributed by atoms with Crippen LogP contribution < -0.4 is 0 Å². The van der Waals surface area contributed by atoms with Gasteiger partial charge >= 0.3 is 7.54 Å². The second-order valence-corrected chi connectivity index (χ2v) is 6.52. The predicted molar refractivity (Wildman–Crippen MR) is 90.6 cm³/mol. The standard InChI is InChI=1S/C18H15S.BF3/c1-4-10-16(11-5-1)19(17-12-6-2-7-13-17)18-14-8-3-9-15-18;2-1(3)4/h1-15H;/q+1;. The summed E-state index contributed by atoms with van der Waals surface area (Å²) in [5.41, 5.74) is 0. The van der Waals surface area contributed by atoms with Crippen LogP contribution in [-0.2, 0) is 10.9 Å². The molecule has 5 heteroatoms. The molecule has 0 saturated carbocycles. The van der Waals surface area contributed by atoms with Gasteiger partial charge in [0.1, 0.15) is 0 Å². The third kappa shape index (κ3) is 5.53. The van der Waals surface area contributed by atoms with Crippen LogP contribution in [0.1, 0.15) is 0 Å². The van der Waals surface area contributed by atoms with Gasteiger partial charge in [-0.25, -0.2) is 0 Å². The van der Waals surface area contributed by atoms with Gasteiger partial charge in [-0.2, -0.15) is 0 Å². The lowest BCUT2D eigenvalue weighted by molar-refractivity contribution is 0.535. The summed E-state index contributed by atoms with van der Waals surface area (Å²) in [7, 11) is -3.68. The molecule has 0 spiro atoms. The van der Waals surface area contributed by atoms with Crippen molar-refractivity contribution in [3.8, 4) is 0 Å². The Balaban J connectivity index is 0.000000433. The Bertz CT molecular complexity index is 582. The average molecular weight is 331 g/mol. The van der Waals surface area contributed by atoms with Crippen LogP contribution in [0.2, 0.25) is 0 Å². The molecule has 3 rings (SSSR count). The molecule has 0 aliphatic rings. The van der Waals surface area contributed by atoms with Crippen LogP contribution in [-0.4, -0.2) is 7.54 Å². The normalized spacial score (nSPS) is 9.91. The molecule has 0 saturated heterocycles. The minimum Gasteiger partial charge on any atom is -0.254 e. The second-order valence-electron chi connectivity index (χ2n) is 4.49. The van der Waals surface area contributed by atoms with Gasteiger partial charge in [0.2, 0.25) is 0 Å². The van der Waals surface area contributed by atoms with Crippen molar-refractivity contribution >= 4 is 18.4 Å². The van der Waals surface area contributed by atoms with E-state index in [1.54, 1.807) is 0 Å². The van der Waals surface area contributed by atoms with E-state index in [1.165, 1.54) is 14.7 Å². The van der Waals surface area contributed by atoms with E-state index >= 15 is 0 Å². The van der Waals surface area contributed by atoms with Gasteiger partial charge in [0, 0.05) is 0 Å². The quantitative estimate of drug-likeness (QED) is 0.429. The van der Waals surface area contributed by atoms with Crippen molar-refractivity contribution < 1.29 is 12.9 Å². The van der Waals surface area contributed by atoms with E-state index < -0.39 is 7.54 Å². The Morgan fingerprint density at radius 1 is 0.478 bits per heavy atom. The van der Waals surface area contributed by atoms with E-state index in [4.69, 9.17) is 0 Å². The van der Waals surface area contributed by atoms with Gasteiger partial charge in [-0.1, -0.05) is 54.6 Å². The maximum absolute atomic E-state index is 9.67. The highest BCUT2D eigenvalue weighted by atomic mass is 32.2. The van der Waals surface area contributed by atoms with Crippen LogP contribution in [0.15, 0.2) is 106 Å². The van der Waals surface area contributed by atoms with Crippen molar-refractivity contribution in [2.45, 2.75) is 14.7 Å². The third-order valence-corrected chi connectivity index (χ3v) is 5.17. The number of rotatable bonds is 3. The van der Waals surface area contributed by atoms with Gasteiger partial charge in [0.25, 0.3) is 0 Å². The SMILES string of the molecule is FB(F)F.c1ccc([S+](c2ccccc2)c2ccccc2)cc1. The highest BCUT2D eigenvalue weighted by Crippen LogP contribution is 2.30. The lowest BCUT2D eigenvalue weighted by Gasteiger charge is -2.07. The zero-order chi connectivity index (χ0) is 16.5. The lowest BCUT2D eigenvalue weighted by atomic mass is 10.4. The molecular formula is C18H15BF3S+. The molecule has 0 heterocycles. The predicted octanol–water partition coefficient (Wildman–Crippen LogP) is 5.66. The Kier molecular flexibility index (Phi) is 6.82. The summed E-state index contributed by atoms with van der Waals surface area (Å²) in [6.45, 7) is 0. The van der Waals surface area contributed by atoms with Crippen molar-refractivity contribution in [1.29, 1.82) is 0 Å². The van der Waals surface area contributed by atoms with E-state index in [0.717, 1.165) is 0 Å². The number of hydrogen-bond donors (Lipinski definition) is 0. The van der Waals surface area contributed by atoms with Gasteiger partial charge < -0.3 is 0 Å². The highest BCUT2D eigenvalue weighted by Gasteiger charge is 2.27. The van der Waals surface area contributed by atoms with Crippen LogP contribution in [0.4, 0.5) is 12.9 Å². The van der Waals surface area contributed by atoms with Gasteiger partial charge in [-0.3, -0.25) is 12.9 Å². The highest BCUT2D eigenvalue weighted by molar-refractivity contribution is 7.97. The molecule has 23 heavy (non-hydrogen) atoms. The zero-order valence-corrected chi connectivity index (χ0v) is 13.1. The minimum atomic E-state index is -3.67. The lowest BCUT2D eigenvalue weighted by Crippen LogP contribution is -2.04. The Labute approximate surface area is 137 Å². The molecule has 3 aromatic rings. The number of hydrogen-bond acceptors (Lipinski definition) is 0. The van der Waals surface area contributed by atoms with Crippen LogP contribution in [0, 0.1) is 0 Å². The van der Waals surface area contributed by atoms with E-state index in [0.29, 0.717) is 0 Å². The first-order valence-corrected chi connectivity index (χ1v) is 8.22. The molecule has 0 aromatic heterocycles. The van der Waals surface area contributed by atoms with Crippen LogP contribution in [0.3, 0.4) is 0 Å². The van der Waals surface area contributed by atoms with Gasteiger partial charge in [0.05, 0.1) is 10.9 Å². The summed E-state index contributed by atoms with van der Waals surface area (Å²) in [5.74, 6) is 0. The van der Waals surface area contributed by atoms with Crippen LogP contribution >= 0.6 is 0 Å². The summed E-state index contributed by atoms with van der Waals surface area (Å²) in [6.07, 6.45) is 0. The van der Waals surface area contributed by atoms with Gasteiger partial charge in [0.15, 0.2) is 14.7 Å². The smallest absolute Gasteiger partial charge is 0.254 e. The van der Waals surface area contributed by atoms with Gasteiger partial charge in [-0.15, -0.1) is 0 Å². The molecular weight excluding hydrogens is 316 g/mol. The summed E-state index contributed by atoms with van der Waals surface area (Å²) in [4.78, 5) is 4.08. The Morgan fingerprint density at radius 3 is 0.913 bits per heavy atom. The van der Waals surface area contributed by atoms with Crippen molar-refractivity contribution in [1.82, 2.24) is 0 Å². The van der Waals surface area contributed by atoms with Crippen molar-refractivity contribution in [3.05, 3.63) is 91.0 Å².